The molecule has 1 heterocycles. The van der Waals surface area contributed by atoms with Gasteiger partial charge in [0.25, 0.3) is 5.91 Å². The number of fused-ring (bicyclic) bond motifs is 1. The highest BCUT2D eigenvalue weighted by atomic mass is 16.5. The number of esters is 1. The van der Waals surface area contributed by atoms with E-state index in [-0.39, 0.29) is 12.5 Å². The van der Waals surface area contributed by atoms with Crippen LogP contribution in [0, 0.1) is 0 Å². The molecule has 0 aliphatic carbocycles. The Bertz CT molecular complexity index is 1010. The topological polar surface area (TPSA) is 64.6 Å². The average Bonchev–Trinajstić information content (AvgIpc) is 3.21. The summed E-state index contributed by atoms with van der Waals surface area (Å²) in [7, 11) is 0. The molecule has 5 heteroatoms. The molecule has 1 aliphatic heterocycles. The third-order valence-corrected chi connectivity index (χ3v) is 4.55. The molecule has 0 atom stereocenters. The van der Waals surface area contributed by atoms with Crippen LogP contribution in [0.15, 0.2) is 72.8 Å². The van der Waals surface area contributed by atoms with Crippen molar-refractivity contribution in [3.05, 3.63) is 83.9 Å². The molecule has 0 saturated carbocycles. The molecule has 1 amide bonds. The first-order valence-corrected chi connectivity index (χ1v) is 9.08. The molecule has 3 aromatic rings. The van der Waals surface area contributed by atoms with Crippen LogP contribution >= 0.6 is 0 Å². The second-order valence-corrected chi connectivity index (χ2v) is 6.46. The van der Waals surface area contributed by atoms with E-state index in [1.807, 2.05) is 54.6 Å². The number of para-hydroxylation sites is 1. The Morgan fingerprint density at radius 2 is 1.75 bits per heavy atom. The number of carbonyl (C=O) groups is 2. The van der Waals surface area contributed by atoms with E-state index in [2.05, 4.69) is 5.32 Å². The van der Waals surface area contributed by atoms with Gasteiger partial charge in [-0.05, 0) is 35.4 Å². The molecular weight excluding hydrogens is 354 g/mol. The van der Waals surface area contributed by atoms with E-state index >= 15 is 0 Å². The maximum absolute atomic E-state index is 12.3. The van der Waals surface area contributed by atoms with Crippen LogP contribution in [0.3, 0.4) is 0 Å². The SMILES string of the molecule is O=C(COC(=O)c1ccc2c(c1)CCO2)Nc1ccccc1-c1ccccc1. The van der Waals surface area contributed by atoms with Gasteiger partial charge in [-0.1, -0.05) is 48.5 Å². The van der Waals surface area contributed by atoms with Crippen LogP contribution in [0.1, 0.15) is 15.9 Å². The van der Waals surface area contributed by atoms with Crippen molar-refractivity contribution in [1.82, 2.24) is 0 Å². The molecule has 0 unspecified atom stereocenters. The Morgan fingerprint density at radius 1 is 0.964 bits per heavy atom. The van der Waals surface area contributed by atoms with Gasteiger partial charge in [-0.2, -0.15) is 0 Å². The van der Waals surface area contributed by atoms with Crippen molar-refractivity contribution in [2.24, 2.45) is 0 Å². The lowest BCUT2D eigenvalue weighted by Crippen LogP contribution is -2.21. The smallest absolute Gasteiger partial charge is 0.338 e. The molecule has 1 aliphatic rings. The first-order chi connectivity index (χ1) is 13.7. The predicted octanol–water partition coefficient (Wildman–Crippen LogP) is 4.08. The van der Waals surface area contributed by atoms with Gasteiger partial charge < -0.3 is 14.8 Å². The molecule has 0 spiro atoms. The highest BCUT2D eigenvalue weighted by Crippen LogP contribution is 2.28. The van der Waals surface area contributed by atoms with E-state index in [0.717, 1.165) is 28.9 Å². The molecule has 28 heavy (non-hydrogen) atoms. The molecule has 5 nitrogen and oxygen atoms in total. The van der Waals surface area contributed by atoms with Gasteiger partial charge in [-0.3, -0.25) is 4.79 Å². The van der Waals surface area contributed by atoms with Gasteiger partial charge in [-0.15, -0.1) is 0 Å². The molecule has 0 aromatic heterocycles. The zero-order valence-electron chi connectivity index (χ0n) is 15.2. The van der Waals surface area contributed by atoms with Gasteiger partial charge in [0.2, 0.25) is 0 Å². The lowest BCUT2D eigenvalue weighted by atomic mass is 10.0. The van der Waals surface area contributed by atoms with Crippen molar-refractivity contribution in [3.8, 4) is 16.9 Å². The summed E-state index contributed by atoms with van der Waals surface area (Å²) in [5, 5.41) is 2.82. The molecule has 0 bridgehead atoms. The van der Waals surface area contributed by atoms with Crippen LogP contribution in [-0.4, -0.2) is 25.1 Å². The van der Waals surface area contributed by atoms with Crippen molar-refractivity contribution in [2.75, 3.05) is 18.5 Å². The van der Waals surface area contributed by atoms with Crippen LogP contribution in [0.5, 0.6) is 5.75 Å². The number of hydrogen-bond donors (Lipinski definition) is 1. The number of amides is 1. The zero-order valence-corrected chi connectivity index (χ0v) is 15.2. The van der Waals surface area contributed by atoms with Crippen molar-refractivity contribution < 1.29 is 19.1 Å². The third kappa shape index (κ3) is 3.88. The molecule has 4 rings (SSSR count). The fourth-order valence-corrected chi connectivity index (χ4v) is 3.18. The van der Waals surface area contributed by atoms with E-state index in [1.54, 1.807) is 18.2 Å². The second-order valence-electron chi connectivity index (χ2n) is 6.46. The fourth-order valence-electron chi connectivity index (χ4n) is 3.18. The Morgan fingerprint density at radius 3 is 2.61 bits per heavy atom. The molecule has 140 valence electrons. The number of rotatable bonds is 5. The number of anilines is 1. The van der Waals surface area contributed by atoms with Gasteiger partial charge in [0.15, 0.2) is 6.61 Å². The predicted molar refractivity (Wildman–Crippen MR) is 106 cm³/mol. The van der Waals surface area contributed by atoms with Crippen molar-refractivity contribution in [3.63, 3.8) is 0 Å². The quantitative estimate of drug-likeness (QED) is 0.685. The minimum Gasteiger partial charge on any atom is -0.493 e. The first-order valence-electron chi connectivity index (χ1n) is 9.08. The lowest BCUT2D eigenvalue weighted by Gasteiger charge is -2.11. The summed E-state index contributed by atoms with van der Waals surface area (Å²) in [6.07, 6.45) is 0.771. The minimum absolute atomic E-state index is 0.352. The van der Waals surface area contributed by atoms with Gasteiger partial charge in [-0.25, -0.2) is 4.79 Å². The maximum atomic E-state index is 12.3. The number of ether oxygens (including phenoxy) is 2. The second kappa shape index (κ2) is 7.96. The summed E-state index contributed by atoms with van der Waals surface area (Å²) >= 11 is 0. The summed E-state index contributed by atoms with van der Waals surface area (Å²) in [6, 6.07) is 22.5. The Kier molecular flexibility index (Phi) is 5.06. The molecule has 0 saturated heterocycles. The monoisotopic (exact) mass is 373 g/mol. The van der Waals surface area contributed by atoms with Crippen molar-refractivity contribution >= 4 is 17.6 Å². The number of hydrogen-bond acceptors (Lipinski definition) is 4. The summed E-state index contributed by atoms with van der Waals surface area (Å²) in [5.41, 5.74) is 3.97. The summed E-state index contributed by atoms with van der Waals surface area (Å²) in [4.78, 5) is 24.6. The van der Waals surface area contributed by atoms with Crippen LogP contribution in [0.4, 0.5) is 5.69 Å². The fraction of sp³-hybridized carbons (Fsp3) is 0.130. The van der Waals surface area contributed by atoms with Crippen molar-refractivity contribution in [2.45, 2.75) is 6.42 Å². The number of nitrogens with one attached hydrogen (secondary N) is 1. The van der Waals surface area contributed by atoms with E-state index in [1.165, 1.54) is 0 Å². The van der Waals surface area contributed by atoms with E-state index in [0.29, 0.717) is 17.9 Å². The Labute approximate surface area is 162 Å². The summed E-state index contributed by atoms with van der Waals surface area (Å²) in [5.74, 6) is -0.116. The average molecular weight is 373 g/mol. The van der Waals surface area contributed by atoms with Crippen molar-refractivity contribution in [1.29, 1.82) is 0 Å². The highest BCUT2D eigenvalue weighted by Gasteiger charge is 2.17. The highest BCUT2D eigenvalue weighted by molar-refractivity contribution is 5.98. The molecular formula is C23H19NO4. The van der Waals surface area contributed by atoms with E-state index in [4.69, 9.17) is 9.47 Å². The standard InChI is InChI=1S/C23H19NO4/c25-22(15-28-23(26)18-10-11-21-17(14-18)12-13-27-21)24-20-9-5-4-8-19(20)16-6-2-1-3-7-16/h1-11,14H,12-13,15H2,(H,24,25). The molecule has 3 aromatic carbocycles. The van der Waals surface area contributed by atoms with Gasteiger partial charge in [0.1, 0.15) is 5.75 Å². The molecule has 0 fully saturated rings. The molecule has 1 N–H and O–H groups in total. The lowest BCUT2D eigenvalue weighted by molar-refractivity contribution is -0.119. The zero-order chi connectivity index (χ0) is 19.3. The number of benzene rings is 3. The summed E-state index contributed by atoms with van der Waals surface area (Å²) in [6.45, 7) is 0.270. The normalized spacial score (nSPS) is 12.0. The van der Waals surface area contributed by atoms with Crippen LogP contribution in [-0.2, 0) is 16.0 Å². The third-order valence-electron chi connectivity index (χ3n) is 4.55. The van der Waals surface area contributed by atoms with Gasteiger partial charge in [0.05, 0.1) is 12.2 Å². The molecule has 0 radical (unpaired) electrons. The van der Waals surface area contributed by atoms with E-state index in [9.17, 15) is 9.59 Å². The van der Waals surface area contributed by atoms with Crippen LogP contribution in [0.25, 0.3) is 11.1 Å². The van der Waals surface area contributed by atoms with Gasteiger partial charge >= 0.3 is 5.97 Å². The van der Waals surface area contributed by atoms with Crippen LogP contribution in [0.2, 0.25) is 0 Å². The Balaban J connectivity index is 1.40. The maximum Gasteiger partial charge on any atom is 0.338 e. The number of carbonyl (C=O) groups excluding carboxylic acids is 2. The minimum atomic E-state index is -0.527. The van der Waals surface area contributed by atoms with Gasteiger partial charge in [0, 0.05) is 17.7 Å². The van der Waals surface area contributed by atoms with Crippen LogP contribution < -0.4 is 10.1 Å². The van der Waals surface area contributed by atoms with E-state index < -0.39 is 5.97 Å². The summed E-state index contributed by atoms with van der Waals surface area (Å²) < 4.78 is 10.6. The Hall–Kier alpha value is -3.60. The largest absolute Gasteiger partial charge is 0.493 e. The first kappa shape index (κ1) is 17.8.